The van der Waals surface area contributed by atoms with Gasteiger partial charge in [0.1, 0.15) is 0 Å². The molecule has 1 heterocycles. The molecule has 2 atom stereocenters. The number of carbonyl (C=O) groups is 1. The van der Waals surface area contributed by atoms with Gasteiger partial charge in [-0.3, -0.25) is 0 Å². The van der Waals surface area contributed by atoms with Crippen LogP contribution in [-0.2, 0) is 4.74 Å². The van der Waals surface area contributed by atoms with Crippen molar-refractivity contribution in [3.05, 3.63) is 42.5 Å². The number of carbonyl (C=O) groups excluding carboxylic acids is 1. The number of anilines is 1. The molecule has 23 heavy (non-hydrogen) atoms. The van der Waals surface area contributed by atoms with Crippen LogP contribution in [0.1, 0.15) is 32.1 Å². The van der Waals surface area contributed by atoms with Crippen LogP contribution < -0.4 is 5.32 Å². The van der Waals surface area contributed by atoms with E-state index >= 15 is 0 Å². The topological polar surface area (TPSA) is 41.6 Å². The standard InChI is InChI=1S/C19H26N2O2/c22-19(20-17-10-5-2-6-11-17)21(15-18-12-7-13-23-18)14-16-8-3-1-4-9-16/h1-3,5-6,10-11,16,18H,4,7-9,12-15H2,(H,20,22)/t16-,18-/m0/s1. The molecule has 4 heteroatoms. The largest absolute Gasteiger partial charge is 0.376 e. The Labute approximate surface area is 138 Å². The molecule has 124 valence electrons. The number of amides is 2. The lowest BCUT2D eigenvalue weighted by atomic mass is 9.94. The lowest BCUT2D eigenvalue weighted by molar-refractivity contribution is 0.0791. The predicted octanol–water partition coefficient (Wildman–Crippen LogP) is 4.06. The molecule has 1 aromatic carbocycles. The van der Waals surface area contributed by atoms with Crippen molar-refractivity contribution < 1.29 is 9.53 Å². The van der Waals surface area contributed by atoms with Crippen molar-refractivity contribution in [1.29, 1.82) is 0 Å². The minimum Gasteiger partial charge on any atom is -0.376 e. The Morgan fingerprint density at radius 3 is 2.74 bits per heavy atom. The van der Waals surface area contributed by atoms with Gasteiger partial charge in [0.25, 0.3) is 0 Å². The van der Waals surface area contributed by atoms with Crippen LogP contribution in [-0.4, -0.2) is 36.7 Å². The van der Waals surface area contributed by atoms with Gasteiger partial charge in [0.2, 0.25) is 0 Å². The molecule has 2 amide bonds. The smallest absolute Gasteiger partial charge is 0.321 e. The van der Waals surface area contributed by atoms with E-state index in [1.54, 1.807) is 0 Å². The van der Waals surface area contributed by atoms with Gasteiger partial charge < -0.3 is 15.0 Å². The molecule has 1 aromatic rings. The Hall–Kier alpha value is -1.81. The fourth-order valence-electron chi connectivity index (χ4n) is 3.33. The summed E-state index contributed by atoms with van der Waals surface area (Å²) in [6.45, 7) is 2.33. The molecule has 0 spiro atoms. The zero-order chi connectivity index (χ0) is 15.9. The zero-order valence-electron chi connectivity index (χ0n) is 13.6. The number of nitrogens with one attached hydrogen (secondary N) is 1. The van der Waals surface area contributed by atoms with E-state index in [0.717, 1.165) is 50.9 Å². The lowest BCUT2D eigenvalue weighted by Gasteiger charge is -2.30. The number of allylic oxidation sites excluding steroid dienone is 2. The van der Waals surface area contributed by atoms with Gasteiger partial charge in [-0.2, -0.15) is 0 Å². The summed E-state index contributed by atoms with van der Waals surface area (Å²) in [7, 11) is 0. The van der Waals surface area contributed by atoms with Crippen molar-refractivity contribution in [2.75, 3.05) is 25.0 Å². The summed E-state index contributed by atoms with van der Waals surface area (Å²) in [6, 6.07) is 9.66. The van der Waals surface area contributed by atoms with Crippen LogP contribution in [0.5, 0.6) is 0 Å². The van der Waals surface area contributed by atoms with Crippen LogP contribution >= 0.6 is 0 Å². The molecule has 1 N–H and O–H groups in total. The monoisotopic (exact) mass is 314 g/mol. The van der Waals surface area contributed by atoms with Gasteiger partial charge in [-0.1, -0.05) is 30.4 Å². The summed E-state index contributed by atoms with van der Waals surface area (Å²) in [5, 5.41) is 3.02. The van der Waals surface area contributed by atoms with Crippen LogP contribution in [0.2, 0.25) is 0 Å². The van der Waals surface area contributed by atoms with Gasteiger partial charge in [0.05, 0.1) is 6.10 Å². The van der Waals surface area contributed by atoms with E-state index in [-0.39, 0.29) is 12.1 Å². The van der Waals surface area contributed by atoms with Gasteiger partial charge in [-0.05, 0) is 50.2 Å². The third-order valence-corrected chi connectivity index (χ3v) is 4.62. The van der Waals surface area contributed by atoms with Crippen LogP contribution in [0, 0.1) is 5.92 Å². The average molecular weight is 314 g/mol. The molecule has 0 saturated carbocycles. The summed E-state index contributed by atoms with van der Waals surface area (Å²) in [5.74, 6) is 0.558. The highest BCUT2D eigenvalue weighted by atomic mass is 16.5. The Bertz CT molecular complexity index is 523. The molecule has 0 bridgehead atoms. The molecular weight excluding hydrogens is 288 g/mol. The Kier molecular flexibility index (Phi) is 5.70. The maximum atomic E-state index is 12.7. The Morgan fingerprint density at radius 2 is 2.04 bits per heavy atom. The average Bonchev–Trinajstić information content (AvgIpc) is 3.09. The molecule has 2 aliphatic rings. The van der Waals surface area contributed by atoms with Gasteiger partial charge in [-0.25, -0.2) is 4.79 Å². The van der Waals surface area contributed by atoms with E-state index in [1.807, 2.05) is 35.2 Å². The number of urea groups is 1. The van der Waals surface area contributed by atoms with Crippen LogP contribution in [0.4, 0.5) is 10.5 Å². The number of nitrogens with zero attached hydrogens (tertiary/aromatic N) is 1. The number of ether oxygens (including phenoxy) is 1. The normalized spacial score (nSPS) is 23.7. The summed E-state index contributed by atoms with van der Waals surface area (Å²) in [4.78, 5) is 14.7. The summed E-state index contributed by atoms with van der Waals surface area (Å²) >= 11 is 0. The molecule has 3 rings (SSSR count). The molecule has 1 fully saturated rings. The zero-order valence-corrected chi connectivity index (χ0v) is 13.6. The van der Waals surface area contributed by atoms with E-state index in [9.17, 15) is 4.79 Å². The third-order valence-electron chi connectivity index (χ3n) is 4.62. The molecule has 1 aliphatic carbocycles. The van der Waals surface area contributed by atoms with E-state index in [4.69, 9.17) is 4.74 Å². The van der Waals surface area contributed by atoms with E-state index in [0.29, 0.717) is 12.5 Å². The first-order chi connectivity index (χ1) is 11.3. The molecule has 1 aliphatic heterocycles. The number of hydrogen-bond acceptors (Lipinski definition) is 2. The predicted molar refractivity (Wildman–Crippen MR) is 92.5 cm³/mol. The maximum absolute atomic E-state index is 12.7. The van der Waals surface area contributed by atoms with Crippen molar-refractivity contribution in [1.82, 2.24) is 4.90 Å². The molecule has 0 radical (unpaired) electrons. The summed E-state index contributed by atoms with van der Waals surface area (Å²) in [6.07, 6.45) is 10.2. The van der Waals surface area contributed by atoms with Crippen molar-refractivity contribution in [2.45, 2.75) is 38.2 Å². The summed E-state index contributed by atoms with van der Waals surface area (Å²) in [5.41, 5.74) is 0.846. The quantitative estimate of drug-likeness (QED) is 0.833. The lowest BCUT2D eigenvalue weighted by Crippen LogP contribution is -2.43. The van der Waals surface area contributed by atoms with Gasteiger partial charge in [0.15, 0.2) is 0 Å². The van der Waals surface area contributed by atoms with E-state index < -0.39 is 0 Å². The number of benzene rings is 1. The van der Waals surface area contributed by atoms with Gasteiger partial charge >= 0.3 is 6.03 Å². The highest BCUT2D eigenvalue weighted by Crippen LogP contribution is 2.21. The fraction of sp³-hybridized carbons (Fsp3) is 0.526. The highest BCUT2D eigenvalue weighted by molar-refractivity contribution is 5.89. The minimum atomic E-state index is -0.0127. The van der Waals surface area contributed by atoms with Crippen LogP contribution in [0.3, 0.4) is 0 Å². The van der Waals surface area contributed by atoms with Gasteiger partial charge in [-0.15, -0.1) is 0 Å². The van der Waals surface area contributed by atoms with Crippen molar-refractivity contribution in [3.63, 3.8) is 0 Å². The first kappa shape index (κ1) is 16.1. The van der Waals surface area contributed by atoms with Crippen molar-refractivity contribution >= 4 is 11.7 Å². The van der Waals surface area contributed by atoms with Crippen molar-refractivity contribution in [3.8, 4) is 0 Å². The van der Waals surface area contributed by atoms with Crippen molar-refractivity contribution in [2.24, 2.45) is 5.92 Å². The van der Waals surface area contributed by atoms with Crippen LogP contribution in [0.15, 0.2) is 42.5 Å². The number of para-hydroxylation sites is 1. The molecule has 1 saturated heterocycles. The van der Waals surface area contributed by atoms with Crippen LogP contribution in [0.25, 0.3) is 0 Å². The fourth-order valence-corrected chi connectivity index (χ4v) is 3.33. The molecular formula is C19H26N2O2. The third kappa shape index (κ3) is 4.83. The first-order valence-corrected chi connectivity index (χ1v) is 8.69. The number of rotatable bonds is 5. The van der Waals surface area contributed by atoms with Gasteiger partial charge in [0, 0.05) is 25.4 Å². The molecule has 4 nitrogen and oxygen atoms in total. The second-order valence-electron chi connectivity index (χ2n) is 6.49. The highest BCUT2D eigenvalue weighted by Gasteiger charge is 2.25. The number of hydrogen-bond donors (Lipinski definition) is 1. The Balaban J connectivity index is 1.62. The first-order valence-electron chi connectivity index (χ1n) is 8.69. The molecule has 0 aromatic heterocycles. The van der Waals surface area contributed by atoms with E-state index in [2.05, 4.69) is 17.5 Å². The SMILES string of the molecule is O=C(Nc1ccccc1)N(C[C@H]1CC=CCC1)C[C@@H]1CCCO1. The second-order valence-corrected chi connectivity index (χ2v) is 6.49. The Morgan fingerprint density at radius 1 is 1.17 bits per heavy atom. The second kappa shape index (κ2) is 8.16. The van der Waals surface area contributed by atoms with E-state index in [1.165, 1.54) is 0 Å². The maximum Gasteiger partial charge on any atom is 0.321 e. The summed E-state index contributed by atoms with van der Waals surface area (Å²) < 4.78 is 5.74. The molecule has 0 unspecified atom stereocenters. The minimum absolute atomic E-state index is 0.0127.